The maximum absolute atomic E-state index is 10.6. The minimum atomic E-state index is -0.171. The van der Waals surface area contributed by atoms with Crippen LogP contribution in [0.1, 0.15) is 20.8 Å². The minimum Gasteiger partial charge on any atom is -0.336 e. The molecule has 0 atom stereocenters. The lowest BCUT2D eigenvalue weighted by Crippen LogP contribution is -2.30. The second-order valence-electron chi connectivity index (χ2n) is 3.70. The van der Waals surface area contributed by atoms with Crippen molar-refractivity contribution in [2.75, 3.05) is 13.6 Å². The van der Waals surface area contributed by atoms with E-state index >= 15 is 0 Å². The average Bonchev–Trinajstić information content (AvgIpc) is 1.60. The van der Waals surface area contributed by atoms with Gasteiger partial charge in [0.05, 0.1) is 0 Å². The molecule has 2 nitrogen and oxygen atoms in total. The van der Waals surface area contributed by atoms with E-state index in [0.717, 1.165) is 6.54 Å². The van der Waals surface area contributed by atoms with Gasteiger partial charge in [0.25, 0.3) is 5.24 Å². The van der Waals surface area contributed by atoms with Crippen LogP contribution in [-0.2, 0) is 0 Å². The van der Waals surface area contributed by atoms with Gasteiger partial charge in [0.15, 0.2) is 0 Å². The summed E-state index contributed by atoms with van der Waals surface area (Å²) >= 11 is 3.69. The van der Waals surface area contributed by atoms with Crippen LogP contribution in [0.15, 0.2) is 0 Å². The number of hydrogen-bond donors (Lipinski definition) is 1. The molecule has 0 saturated heterocycles. The van der Waals surface area contributed by atoms with Crippen molar-refractivity contribution in [3.8, 4) is 0 Å². The largest absolute Gasteiger partial charge is 0.336 e. The molecular formula is C7H15NOS. The summed E-state index contributed by atoms with van der Waals surface area (Å²) in [5, 5.41) is -0.171. The summed E-state index contributed by atoms with van der Waals surface area (Å²) in [7, 11) is 1.75. The lowest BCUT2D eigenvalue weighted by molar-refractivity contribution is 0.212. The van der Waals surface area contributed by atoms with Gasteiger partial charge in [0.1, 0.15) is 0 Å². The van der Waals surface area contributed by atoms with Gasteiger partial charge < -0.3 is 4.90 Å². The summed E-state index contributed by atoms with van der Waals surface area (Å²) in [4.78, 5) is 12.2. The van der Waals surface area contributed by atoms with Crippen LogP contribution in [0.3, 0.4) is 0 Å². The second-order valence-corrected chi connectivity index (χ2v) is 4.08. The molecule has 0 aromatic rings. The molecule has 0 aliphatic rings. The Labute approximate surface area is 68.0 Å². The third kappa shape index (κ3) is 4.68. The quantitative estimate of drug-likeness (QED) is 0.583. The van der Waals surface area contributed by atoms with Gasteiger partial charge >= 0.3 is 0 Å². The Morgan fingerprint density at radius 2 is 1.90 bits per heavy atom. The van der Waals surface area contributed by atoms with Crippen LogP contribution >= 0.6 is 12.6 Å². The number of carbonyl (C=O) groups is 1. The molecular weight excluding hydrogens is 146 g/mol. The van der Waals surface area contributed by atoms with Crippen LogP contribution < -0.4 is 0 Å². The third-order valence-corrected chi connectivity index (χ3v) is 1.38. The Balaban J connectivity index is 3.80. The van der Waals surface area contributed by atoms with Gasteiger partial charge in [0, 0.05) is 13.6 Å². The maximum Gasteiger partial charge on any atom is 0.278 e. The van der Waals surface area contributed by atoms with Gasteiger partial charge in [0.2, 0.25) is 0 Å². The molecule has 0 heterocycles. The summed E-state index contributed by atoms with van der Waals surface area (Å²) in [6, 6.07) is 0. The fourth-order valence-electron chi connectivity index (χ4n) is 0.779. The summed E-state index contributed by atoms with van der Waals surface area (Å²) < 4.78 is 0. The summed E-state index contributed by atoms with van der Waals surface area (Å²) in [5.41, 5.74) is 0.160. The number of thiol groups is 1. The first-order chi connectivity index (χ1) is 4.33. The zero-order chi connectivity index (χ0) is 8.36. The first-order valence-corrected chi connectivity index (χ1v) is 3.72. The Morgan fingerprint density at radius 1 is 1.50 bits per heavy atom. The highest BCUT2D eigenvalue weighted by atomic mass is 32.1. The number of hydrogen-bond acceptors (Lipinski definition) is 1. The molecule has 1 amide bonds. The average molecular weight is 161 g/mol. The predicted molar refractivity (Wildman–Crippen MR) is 46.5 cm³/mol. The summed E-state index contributed by atoms with van der Waals surface area (Å²) in [5.74, 6) is 0. The highest BCUT2D eigenvalue weighted by Crippen LogP contribution is 2.14. The van der Waals surface area contributed by atoms with Gasteiger partial charge in [-0.25, -0.2) is 0 Å². The lowest BCUT2D eigenvalue weighted by Gasteiger charge is -2.24. The Morgan fingerprint density at radius 3 is 2.00 bits per heavy atom. The normalized spacial score (nSPS) is 11.3. The van der Waals surface area contributed by atoms with Gasteiger partial charge in [-0.15, -0.1) is 0 Å². The molecule has 3 heteroatoms. The second kappa shape index (κ2) is 3.28. The van der Waals surface area contributed by atoms with Crippen LogP contribution in [-0.4, -0.2) is 23.7 Å². The molecule has 0 aromatic heterocycles. The topological polar surface area (TPSA) is 20.3 Å². The van der Waals surface area contributed by atoms with Crippen molar-refractivity contribution in [3.05, 3.63) is 0 Å². The Hall–Kier alpha value is -0.180. The smallest absolute Gasteiger partial charge is 0.278 e. The van der Waals surface area contributed by atoms with Crippen LogP contribution in [0.4, 0.5) is 4.79 Å². The highest BCUT2D eigenvalue weighted by Gasteiger charge is 2.14. The number of nitrogens with zero attached hydrogens (tertiary/aromatic N) is 1. The molecule has 0 unspecified atom stereocenters. The van der Waals surface area contributed by atoms with Gasteiger partial charge in [-0.3, -0.25) is 4.79 Å². The first kappa shape index (κ1) is 9.82. The number of carbonyl (C=O) groups excluding carboxylic acids is 1. The first-order valence-electron chi connectivity index (χ1n) is 3.27. The van der Waals surface area contributed by atoms with E-state index in [1.807, 2.05) is 0 Å². The zero-order valence-corrected chi connectivity index (χ0v) is 7.90. The van der Waals surface area contributed by atoms with Crippen molar-refractivity contribution in [3.63, 3.8) is 0 Å². The van der Waals surface area contributed by atoms with Crippen LogP contribution in [0.25, 0.3) is 0 Å². The minimum absolute atomic E-state index is 0.160. The molecule has 0 N–H and O–H groups in total. The van der Waals surface area contributed by atoms with E-state index in [1.165, 1.54) is 0 Å². The van der Waals surface area contributed by atoms with E-state index in [4.69, 9.17) is 0 Å². The highest BCUT2D eigenvalue weighted by molar-refractivity contribution is 7.96. The van der Waals surface area contributed by atoms with E-state index in [2.05, 4.69) is 33.4 Å². The van der Waals surface area contributed by atoms with Crippen molar-refractivity contribution < 1.29 is 4.79 Å². The van der Waals surface area contributed by atoms with Crippen molar-refractivity contribution >= 4 is 17.9 Å². The molecule has 0 saturated carbocycles. The molecule has 0 rings (SSSR count). The summed E-state index contributed by atoms with van der Waals surface area (Å²) in [6.45, 7) is 7.00. The SMILES string of the molecule is CN(CC(C)(C)C)C(=O)S. The van der Waals surface area contributed by atoms with Crippen LogP contribution in [0, 0.1) is 5.41 Å². The molecule has 0 aliphatic carbocycles. The monoisotopic (exact) mass is 161 g/mol. The maximum atomic E-state index is 10.6. The van der Waals surface area contributed by atoms with Crippen LogP contribution in [0.5, 0.6) is 0 Å². The van der Waals surface area contributed by atoms with Gasteiger partial charge in [-0.2, -0.15) is 0 Å². The van der Waals surface area contributed by atoms with E-state index in [0.29, 0.717) is 0 Å². The fraction of sp³-hybridized carbons (Fsp3) is 0.857. The Bertz CT molecular complexity index is 128. The number of amides is 1. The van der Waals surface area contributed by atoms with E-state index < -0.39 is 0 Å². The molecule has 0 aliphatic heterocycles. The molecule has 0 spiro atoms. The predicted octanol–water partition coefficient (Wildman–Crippen LogP) is 2.01. The molecule has 60 valence electrons. The molecule has 0 fully saturated rings. The third-order valence-electron chi connectivity index (χ3n) is 1.04. The van der Waals surface area contributed by atoms with E-state index in [9.17, 15) is 4.79 Å². The van der Waals surface area contributed by atoms with Crippen molar-refractivity contribution in [1.29, 1.82) is 0 Å². The number of rotatable bonds is 1. The Kier molecular flexibility index (Phi) is 3.22. The van der Waals surface area contributed by atoms with E-state index in [-0.39, 0.29) is 10.7 Å². The fourth-order valence-corrected chi connectivity index (χ4v) is 0.850. The van der Waals surface area contributed by atoms with Gasteiger partial charge in [-0.05, 0) is 5.41 Å². The molecule has 0 aromatic carbocycles. The molecule has 10 heavy (non-hydrogen) atoms. The molecule has 0 radical (unpaired) electrons. The van der Waals surface area contributed by atoms with Crippen LogP contribution in [0.2, 0.25) is 0 Å². The van der Waals surface area contributed by atoms with Crippen molar-refractivity contribution in [2.45, 2.75) is 20.8 Å². The van der Waals surface area contributed by atoms with Crippen molar-refractivity contribution in [1.82, 2.24) is 4.90 Å². The van der Waals surface area contributed by atoms with Crippen molar-refractivity contribution in [2.24, 2.45) is 5.41 Å². The summed E-state index contributed by atoms with van der Waals surface area (Å²) in [6.07, 6.45) is 0. The van der Waals surface area contributed by atoms with E-state index in [1.54, 1.807) is 11.9 Å². The zero-order valence-electron chi connectivity index (χ0n) is 7.01. The van der Waals surface area contributed by atoms with Gasteiger partial charge in [-0.1, -0.05) is 33.4 Å². The lowest BCUT2D eigenvalue weighted by atomic mass is 9.97. The molecule has 0 bridgehead atoms. The standard InChI is InChI=1S/C7H15NOS/c1-7(2,3)5-8(4)6(9)10/h5H2,1-4H3,(H,9,10).